The first-order chi connectivity index (χ1) is 9.74. The molecule has 21 heavy (non-hydrogen) atoms. The molecule has 118 valence electrons. The van der Waals surface area contributed by atoms with Gasteiger partial charge < -0.3 is 14.4 Å². The molecule has 0 atom stereocenters. The standard InChI is InChI=1S/C15H24N2O4/c1-5-8-17(10-14(19)20)13(18)7-6-12-16-9-11(21-12)15(2,3)4/h9H,5-8,10H2,1-4H3,(H,19,20). The third-order valence-corrected chi connectivity index (χ3v) is 3.02. The van der Waals surface area contributed by atoms with Crippen LogP contribution in [0.1, 0.15) is 52.2 Å². The monoisotopic (exact) mass is 296 g/mol. The number of hydrogen-bond acceptors (Lipinski definition) is 4. The van der Waals surface area contributed by atoms with E-state index in [1.54, 1.807) is 6.20 Å². The number of rotatable bonds is 7. The molecule has 1 amide bonds. The number of carbonyl (C=O) groups excluding carboxylic acids is 1. The topological polar surface area (TPSA) is 83.6 Å². The second kappa shape index (κ2) is 7.24. The molecule has 0 aliphatic carbocycles. The molecule has 1 aromatic rings. The number of carboxylic acids is 1. The number of carboxylic acid groups (broad SMARTS) is 1. The summed E-state index contributed by atoms with van der Waals surface area (Å²) < 4.78 is 5.62. The normalized spacial score (nSPS) is 11.4. The van der Waals surface area contributed by atoms with E-state index >= 15 is 0 Å². The minimum atomic E-state index is -0.997. The van der Waals surface area contributed by atoms with Crippen LogP contribution in [0.15, 0.2) is 10.6 Å². The molecule has 0 aromatic carbocycles. The number of aliphatic carboxylic acids is 1. The lowest BCUT2D eigenvalue weighted by Gasteiger charge is -2.19. The second-order valence-electron chi connectivity index (χ2n) is 6.08. The minimum Gasteiger partial charge on any atom is -0.480 e. The number of nitrogens with zero attached hydrogens (tertiary/aromatic N) is 2. The Kier molecular flexibility index (Phi) is 5.93. The number of aromatic nitrogens is 1. The van der Waals surface area contributed by atoms with Crippen LogP contribution >= 0.6 is 0 Å². The van der Waals surface area contributed by atoms with E-state index in [0.29, 0.717) is 18.9 Å². The van der Waals surface area contributed by atoms with Gasteiger partial charge in [-0.1, -0.05) is 27.7 Å². The predicted molar refractivity (Wildman–Crippen MR) is 78.0 cm³/mol. The van der Waals surface area contributed by atoms with Crippen molar-refractivity contribution in [1.82, 2.24) is 9.88 Å². The summed E-state index contributed by atoms with van der Waals surface area (Å²) in [5.41, 5.74) is -0.118. The Morgan fingerprint density at radius 3 is 2.52 bits per heavy atom. The first kappa shape index (κ1) is 17.2. The first-order valence-corrected chi connectivity index (χ1v) is 7.18. The fourth-order valence-electron chi connectivity index (χ4n) is 1.87. The van der Waals surface area contributed by atoms with Crippen LogP contribution in [-0.4, -0.2) is 40.0 Å². The molecule has 0 unspecified atom stereocenters. The maximum Gasteiger partial charge on any atom is 0.323 e. The summed E-state index contributed by atoms with van der Waals surface area (Å²) in [4.78, 5) is 28.3. The summed E-state index contributed by atoms with van der Waals surface area (Å²) in [5.74, 6) is 0.110. The Balaban J connectivity index is 2.58. The highest BCUT2D eigenvalue weighted by atomic mass is 16.4. The van der Waals surface area contributed by atoms with Crippen molar-refractivity contribution in [2.24, 2.45) is 0 Å². The van der Waals surface area contributed by atoms with E-state index in [-0.39, 0.29) is 24.3 Å². The zero-order chi connectivity index (χ0) is 16.0. The summed E-state index contributed by atoms with van der Waals surface area (Å²) in [6, 6.07) is 0. The summed E-state index contributed by atoms with van der Waals surface area (Å²) in [6.07, 6.45) is 3.00. The van der Waals surface area contributed by atoms with Crippen molar-refractivity contribution in [2.75, 3.05) is 13.1 Å². The quantitative estimate of drug-likeness (QED) is 0.834. The number of hydrogen-bond donors (Lipinski definition) is 1. The van der Waals surface area contributed by atoms with Crippen LogP contribution in [0.3, 0.4) is 0 Å². The third kappa shape index (κ3) is 5.57. The SMILES string of the molecule is CCCN(CC(=O)O)C(=O)CCc1ncc(C(C)(C)C)o1. The minimum absolute atomic E-state index is 0.118. The third-order valence-electron chi connectivity index (χ3n) is 3.02. The Morgan fingerprint density at radius 1 is 1.38 bits per heavy atom. The summed E-state index contributed by atoms with van der Waals surface area (Å²) >= 11 is 0. The lowest BCUT2D eigenvalue weighted by atomic mass is 9.94. The van der Waals surface area contributed by atoms with Crippen molar-refractivity contribution in [2.45, 2.75) is 52.4 Å². The van der Waals surface area contributed by atoms with Gasteiger partial charge in [-0.25, -0.2) is 4.98 Å². The molecular weight excluding hydrogens is 272 g/mol. The maximum atomic E-state index is 12.0. The number of aryl methyl sites for hydroxylation is 1. The van der Waals surface area contributed by atoms with E-state index in [0.717, 1.165) is 12.2 Å². The van der Waals surface area contributed by atoms with Gasteiger partial charge in [0.05, 0.1) is 6.20 Å². The van der Waals surface area contributed by atoms with E-state index in [2.05, 4.69) is 4.98 Å². The molecule has 1 heterocycles. The van der Waals surface area contributed by atoms with Crippen LogP contribution in [0.5, 0.6) is 0 Å². The van der Waals surface area contributed by atoms with E-state index in [1.807, 2.05) is 27.7 Å². The van der Waals surface area contributed by atoms with Crippen LogP contribution in [0, 0.1) is 0 Å². The lowest BCUT2D eigenvalue weighted by Crippen LogP contribution is -2.36. The van der Waals surface area contributed by atoms with Crippen molar-refractivity contribution in [3.05, 3.63) is 17.8 Å². The van der Waals surface area contributed by atoms with Gasteiger partial charge in [0.2, 0.25) is 5.91 Å². The van der Waals surface area contributed by atoms with Crippen molar-refractivity contribution < 1.29 is 19.1 Å². The molecule has 6 nitrogen and oxygen atoms in total. The van der Waals surface area contributed by atoms with Gasteiger partial charge in [-0.05, 0) is 6.42 Å². The zero-order valence-electron chi connectivity index (χ0n) is 13.2. The lowest BCUT2D eigenvalue weighted by molar-refractivity contribution is -0.144. The molecule has 0 saturated heterocycles. The van der Waals surface area contributed by atoms with Gasteiger partial charge >= 0.3 is 5.97 Å². The molecule has 0 fully saturated rings. The molecule has 1 aromatic heterocycles. The van der Waals surface area contributed by atoms with Crippen LogP contribution < -0.4 is 0 Å². The highest BCUT2D eigenvalue weighted by Crippen LogP contribution is 2.23. The Bertz CT molecular complexity index is 488. The molecule has 0 aliphatic heterocycles. The zero-order valence-corrected chi connectivity index (χ0v) is 13.2. The summed E-state index contributed by atoms with van der Waals surface area (Å²) in [5, 5.41) is 8.81. The molecular formula is C15H24N2O4. The Hall–Kier alpha value is -1.85. The predicted octanol–water partition coefficient (Wildman–Crippen LogP) is 2.23. The van der Waals surface area contributed by atoms with Gasteiger partial charge in [-0.3, -0.25) is 9.59 Å². The van der Waals surface area contributed by atoms with Crippen LogP contribution in [0.4, 0.5) is 0 Å². The van der Waals surface area contributed by atoms with E-state index in [9.17, 15) is 9.59 Å². The summed E-state index contributed by atoms with van der Waals surface area (Å²) in [6.45, 7) is 8.18. The molecule has 0 saturated carbocycles. The Morgan fingerprint density at radius 2 is 2.05 bits per heavy atom. The molecule has 6 heteroatoms. The van der Waals surface area contributed by atoms with Gasteiger partial charge in [-0.15, -0.1) is 0 Å². The summed E-state index contributed by atoms with van der Waals surface area (Å²) in [7, 11) is 0. The van der Waals surface area contributed by atoms with E-state index in [1.165, 1.54) is 4.90 Å². The molecule has 1 rings (SSSR count). The number of oxazole rings is 1. The maximum absolute atomic E-state index is 12.0. The van der Waals surface area contributed by atoms with Crippen molar-refractivity contribution in [3.63, 3.8) is 0 Å². The fraction of sp³-hybridized carbons (Fsp3) is 0.667. The van der Waals surface area contributed by atoms with Gasteiger partial charge in [0.1, 0.15) is 12.3 Å². The van der Waals surface area contributed by atoms with Crippen molar-refractivity contribution in [1.29, 1.82) is 0 Å². The van der Waals surface area contributed by atoms with Gasteiger partial charge in [0.15, 0.2) is 5.89 Å². The first-order valence-electron chi connectivity index (χ1n) is 7.18. The van der Waals surface area contributed by atoms with Gasteiger partial charge in [0, 0.05) is 24.8 Å². The van der Waals surface area contributed by atoms with Crippen LogP contribution in [-0.2, 0) is 21.4 Å². The molecule has 1 N–H and O–H groups in total. The molecule has 0 aliphatic rings. The van der Waals surface area contributed by atoms with Crippen molar-refractivity contribution in [3.8, 4) is 0 Å². The highest BCUT2D eigenvalue weighted by molar-refractivity contribution is 5.81. The smallest absolute Gasteiger partial charge is 0.323 e. The fourth-order valence-corrected chi connectivity index (χ4v) is 1.87. The Labute approximate surface area is 125 Å². The average molecular weight is 296 g/mol. The highest BCUT2D eigenvalue weighted by Gasteiger charge is 2.20. The van der Waals surface area contributed by atoms with E-state index < -0.39 is 5.97 Å². The van der Waals surface area contributed by atoms with Gasteiger partial charge in [0.25, 0.3) is 0 Å². The largest absolute Gasteiger partial charge is 0.480 e. The number of amides is 1. The van der Waals surface area contributed by atoms with Gasteiger partial charge in [-0.2, -0.15) is 0 Å². The van der Waals surface area contributed by atoms with E-state index in [4.69, 9.17) is 9.52 Å². The van der Waals surface area contributed by atoms with Crippen LogP contribution in [0.2, 0.25) is 0 Å². The van der Waals surface area contributed by atoms with Crippen LogP contribution in [0.25, 0.3) is 0 Å². The molecule has 0 spiro atoms. The molecule has 0 radical (unpaired) electrons. The molecule has 0 bridgehead atoms. The average Bonchev–Trinajstić information content (AvgIpc) is 2.83. The van der Waals surface area contributed by atoms with Crippen molar-refractivity contribution >= 4 is 11.9 Å². The second-order valence-corrected chi connectivity index (χ2v) is 6.08. The number of carbonyl (C=O) groups is 2.